The molecule has 0 radical (unpaired) electrons. The van der Waals surface area contributed by atoms with E-state index in [0.29, 0.717) is 18.7 Å². The highest BCUT2D eigenvalue weighted by Crippen LogP contribution is 2.32. The van der Waals surface area contributed by atoms with Crippen LogP contribution in [0.2, 0.25) is 0 Å². The standard InChI is InChI=1S/C15H25NO5/c1-9(2)15(19,10(3)20-4)14(18)21-12-6-8-16-7-5-11(17)13(12)16/h6,9-11,13,17,19H,5,7-8H2,1-4H3/t10-,11-,13-,15+/m1/s1. The molecule has 0 aromatic carbocycles. The Balaban J connectivity index is 2.13. The van der Waals surface area contributed by atoms with Crippen LogP contribution in [-0.4, -0.2) is 65.1 Å². The molecule has 0 spiro atoms. The van der Waals surface area contributed by atoms with E-state index in [-0.39, 0.29) is 12.0 Å². The first-order chi connectivity index (χ1) is 9.82. The van der Waals surface area contributed by atoms with Crippen LogP contribution < -0.4 is 0 Å². The van der Waals surface area contributed by atoms with Gasteiger partial charge >= 0.3 is 5.97 Å². The number of nitrogens with zero attached hydrogens (tertiary/aromatic N) is 1. The van der Waals surface area contributed by atoms with Gasteiger partial charge in [0, 0.05) is 20.2 Å². The molecule has 0 amide bonds. The lowest BCUT2D eigenvalue weighted by Gasteiger charge is -2.34. The van der Waals surface area contributed by atoms with Crippen LogP contribution in [0.1, 0.15) is 27.2 Å². The van der Waals surface area contributed by atoms with E-state index in [2.05, 4.69) is 4.90 Å². The van der Waals surface area contributed by atoms with Gasteiger partial charge in [-0.15, -0.1) is 0 Å². The van der Waals surface area contributed by atoms with Crippen LogP contribution in [0.15, 0.2) is 11.8 Å². The van der Waals surface area contributed by atoms with Gasteiger partial charge in [-0.1, -0.05) is 13.8 Å². The van der Waals surface area contributed by atoms with Gasteiger partial charge < -0.3 is 19.7 Å². The SMILES string of the molecule is CO[C@H](C)[C@](O)(C(=O)OC1=CCN2CC[C@@H](O)[C@H]12)C(C)C. The van der Waals surface area contributed by atoms with Crippen LogP contribution in [0.5, 0.6) is 0 Å². The number of carbonyl (C=O) groups is 1. The van der Waals surface area contributed by atoms with Crippen molar-refractivity contribution in [2.45, 2.75) is 51.0 Å². The molecule has 21 heavy (non-hydrogen) atoms. The highest BCUT2D eigenvalue weighted by Gasteiger charge is 2.49. The molecule has 2 aliphatic heterocycles. The molecule has 0 aromatic heterocycles. The Morgan fingerprint density at radius 1 is 1.48 bits per heavy atom. The topological polar surface area (TPSA) is 79.2 Å². The Morgan fingerprint density at radius 2 is 2.14 bits per heavy atom. The number of aliphatic hydroxyl groups excluding tert-OH is 1. The van der Waals surface area contributed by atoms with E-state index in [0.717, 1.165) is 6.54 Å². The third-order valence-electron chi connectivity index (χ3n) is 4.68. The summed E-state index contributed by atoms with van der Waals surface area (Å²) >= 11 is 0. The molecule has 1 fully saturated rings. The van der Waals surface area contributed by atoms with E-state index in [4.69, 9.17) is 9.47 Å². The van der Waals surface area contributed by atoms with Gasteiger partial charge in [0.1, 0.15) is 5.76 Å². The minimum Gasteiger partial charge on any atom is -0.427 e. The Bertz CT molecular complexity index is 436. The van der Waals surface area contributed by atoms with E-state index >= 15 is 0 Å². The third kappa shape index (κ3) is 2.73. The Hall–Kier alpha value is -0.950. The number of methoxy groups -OCH3 is 1. The van der Waals surface area contributed by atoms with Crippen molar-refractivity contribution in [2.75, 3.05) is 20.2 Å². The molecular weight excluding hydrogens is 274 g/mol. The normalized spacial score (nSPS) is 30.0. The quantitative estimate of drug-likeness (QED) is 0.710. The Morgan fingerprint density at radius 3 is 2.71 bits per heavy atom. The van der Waals surface area contributed by atoms with Crippen molar-refractivity contribution < 1.29 is 24.5 Å². The molecule has 2 aliphatic rings. The van der Waals surface area contributed by atoms with Crippen LogP contribution in [0.25, 0.3) is 0 Å². The first-order valence-corrected chi connectivity index (χ1v) is 7.42. The second-order valence-corrected chi connectivity index (χ2v) is 6.15. The zero-order valence-corrected chi connectivity index (χ0v) is 13.1. The molecule has 6 heteroatoms. The van der Waals surface area contributed by atoms with Crippen LogP contribution in [0.3, 0.4) is 0 Å². The molecular formula is C15H25NO5. The number of hydrogen-bond donors (Lipinski definition) is 2. The molecule has 0 saturated carbocycles. The van der Waals surface area contributed by atoms with Gasteiger partial charge in [-0.3, -0.25) is 4.90 Å². The van der Waals surface area contributed by atoms with E-state index in [1.54, 1.807) is 26.8 Å². The summed E-state index contributed by atoms with van der Waals surface area (Å²) in [6, 6.07) is -0.275. The number of ether oxygens (including phenoxy) is 2. The van der Waals surface area contributed by atoms with Gasteiger partial charge in [0.05, 0.1) is 18.2 Å². The average molecular weight is 299 g/mol. The molecule has 4 atom stereocenters. The maximum Gasteiger partial charge on any atom is 0.346 e. The molecule has 120 valence electrons. The second-order valence-electron chi connectivity index (χ2n) is 6.15. The Kier molecular flexibility index (Phi) is 4.72. The number of rotatable bonds is 5. The van der Waals surface area contributed by atoms with Crippen LogP contribution in [0, 0.1) is 5.92 Å². The molecule has 0 aromatic rings. The second kappa shape index (κ2) is 6.04. The minimum absolute atomic E-state index is 0.275. The zero-order chi connectivity index (χ0) is 15.8. The highest BCUT2D eigenvalue weighted by atomic mass is 16.6. The molecule has 0 unspecified atom stereocenters. The molecule has 6 nitrogen and oxygen atoms in total. The molecule has 2 heterocycles. The van der Waals surface area contributed by atoms with Gasteiger partial charge in [0.2, 0.25) is 0 Å². The number of fused-ring (bicyclic) bond motifs is 1. The number of esters is 1. The van der Waals surface area contributed by atoms with Crippen molar-refractivity contribution in [3.8, 4) is 0 Å². The monoisotopic (exact) mass is 299 g/mol. The maximum atomic E-state index is 12.5. The lowest BCUT2D eigenvalue weighted by molar-refractivity contribution is -0.184. The van der Waals surface area contributed by atoms with Crippen LogP contribution >= 0.6 is 0 Å². The molecule has 2 N–H and O–H groups in total. The predicted octanol–water partition coefficient (Wildman–Crippen LogP) is 0.284. The molecule has 0 bridgehead atoms. The summed E-state index contributed by atoms with van der Waals surface area (Å²) in [5, 5.41) is 20.7. The Labute approximate surface area is 125 Å². The summed E-state index contributed by atoms with van der Waals surface area (Å²) in [6.07, 6.45) is 1.25. The number of hydrogen-bond acceptors (Lipinski definition) is 6. The fourth-order valence-corrected chi connectivity index (χ4v) is 3.08. The summed E-state index contributed by atoms with van der Waals surface area (Å²) in [5.74, 6) is -0.641. The fourth-order valence-electron chi connectivity index (χ4n) is 3.08. The molecule has 1 saturated heterocycles. The summed E-state index contributed by atoms with van der Waals surface area (Å²) in [5.41, 5.74) is -1.72. The van der Waals surface area contributed by atoms with Gasteiger partial charge in [0.15, 0.2) is 5.60 Å². The molecule has 2 rings (SSSR count). The third-order valence-corrected chi connectivity index (χ3v) is 4.68. The van der Waals surface area contributed by atoms with Crippen molar-refractivity contribution in [1.29, 1.82) is 0 Å². The lowest BCUT2D eigenvalue weighted by Crippen LogP contribution is -2.54. The predicted molar refractivity (Wildman–Crippen MR) is 76.4 cm³/mol. The van der Waals surface area contributed by atoms with E-state index in [1.807, 2.05) is 0 Å². The number of aliphatic hydroxyl groups is 2. The molecule has 0 aliphatic carbocycles. The summed E-state index contributed by atoms with van der Waals surface area (Å²) in [7, 11) is 1.45. The van der Waals surface area contributed by atoms with Crippen molar-refractivity contribution in [2.24, 2.45) is 5.92 Å². The largest absolute Gasteiger partial charge is 0.427 e. The van der Waals surface area contributed by atoms with Crippen molar-refractivity contribution in [3.05, 3.63) is 11.8 Å². The van der Waals surface area contributed by atoms with Crippen LogP contribution in [0.4, 0.5) is 0 Å². The van der Waals surface area contributed by atoms with Crippen molar-refractivity contribution in [1.82, 2.24) is 4.90 Å². The smallest absolute Gasteiger partial charge is 0.346 e. The minimum atomic E-state index is -1.72. The number of carbonyl (C=O) groups excluding carboxylic acids is 1. The summed E-state index contributed by atoms with van der Waals surface area (Å²) in [6.45, 7) is 6.57. The van der Waals surface area contributed by atoms with Gasteiger partial charge in [0.25, 0.3) is 0 Å². The van der Waals surface area contributed by atoms with Crippen molar-refractivity contribution in [3.63, 3.8) is 0 Å². The van der Waals surface area contributed by atoms with Crippen molar-refractivity contribution >= 4 is 5.97 Å². The maximum absolute atomic E-state index is 12.5. The van der Waals surface area contributed by atoms with Crippen LogP contribution in [-0.2, 0) is 14.3 Å². The lowest BCUT2D eigenvalue weighted by atomic mass is 9.85. The van der Waals surface area contributed by atoms with Gasteiger partial charge in [-0.2, -0.15) is 0 Å². The van der Waals surface area contributed by atoms with Gasteiger partial charge in [-0.05, 0) is 25.3 Å². The zero-order valence-electron chi connectivity index (χ0n) is 13.1. The average Bonchev–Trinajstić information content (AvgIpc) is 3.01. The first kappa shape index (κ1) is 16.4. The fraction of sp³-hybridized carbons (Fsp3) is 0.800. The summed E-state index contributed by atoms with van der Waals surface area (Å²) < 4.78 is 10.6. The highest BCUT2D eigenvalue weighted by molar-refractivity contribution is 5.81. The van der Waals surface area contributed by atoms with E-state index < -0.39 is 23.8 Å². The first-order valence-electron chi connectivity index (χ1n) is 7.42. The summed E-state index contributed by atoms with van der Waals surface area (Å²) in [4.78, 5) is 14.5. The van der Waals surface area contributed by atoms with E-state index in [1.165, 1.54) is 7.11 Å². The van der Waals surface area contributed by atoms with E-state index in [9.17, 15) is 15.0 Å². The van der Waals surface area contributed by atoms with Gasteiger partial charge in [-0.25, -0.2) is 4.79 Å².